The van der Waals surface area contributed by atoms with Crippen LogP contribution in [0.4, 0.5) is 16.6 Å². The van der Waals surface area contributed by atoms with Gasteiger partial charge in [0, 0.05) is 18.5 Å². The molecule has 0 spiro atoms. The fraction of sp³-hybridized carbons (Fsp3) is 0.286. The van der Waals surface area contributed by atoms with Crippen LogP contribution in [0.15, 0.2) is 52.9 Å². The van der Waals surface area contributed by atoms with Crippen LogP contribution in [0, 0.1) is 0 Å². The third-order valence-electron chi connectivity index (χ3n) is 6.96. The van der Waals surface area contributed by atoms with Crippen LogP contribution in [0.5, 0.6) is 0 Å². The lowest BCUT2D eigenvalue weighted by molar-refractivity contribution is 0.101. The van der Waals surface area contributed by atoms with E-state index >= 15 is 0 Å². The van der Waals surface area contributed by atoms with Crippen molar-refractivity contribution in [3.63, 3.8) is 0 Å². The number of hydrogen-bond donors (Lipinski definition) is 3. The summed E-state index contributed by atoms with van der Waals surface area (Å²) in [6, 6.07) is 15.2. The average molecular weight is 541 g/mol. The van der Waals surface area contributed by atoms with Crippen LogP contribution in [-0.4, -0.2) is 59.8 Å². The summed E-state index contributed by atoms with van der Waals surface area (Å²) in [6.45, 7) is 6.45. The molecule has 1 fully saturated rings. The summed E-state index contributed by atoms with van der Waals surface area (Å²) >= 11 is 0. The monoisotopic (exact) mass is 540 g/mol. The second-order valence-corrected chi connectivity index (χ2v) is 10.9. The van der Waals surface area contributed by atoms with Crippen molar-refractivity contribution in [1.29, 1.82) is 0 Å². The fourth-order valence-corrected chi connectivity index (χ4v) is 4.88. The Bertz CT molecular complexity index is 1770. The molecule has 1 aliphatic heterocycles. The number of carboxylic acid groups (broad SMARTS) is 1. The number of nitrogens with zero attached hydrogens (tertiary/aromatic N) is 6. The largest absolute Gasteiger partial charge is 0.465 e. The van der Waals surface area contributed by atoms with Crippen molar-refractivity contribution in [2.24, 2.45) is 0 Å². The third-order valence-corrected chi connectivity index (χ3v) is 6.96. The Morgan fingerprint density at radius 1 is 1.07 bits per heavy atom. The van der Waals surface area contributed by atoms with Gasteiger partial charge in [-0.1, -0.05) is 57.2 Å². The average Bonchev–Trinajstić information content (AvgIpc) is 3.64. The molecule has 2 aromatic carbocycles. The molecule has 4 heterocycles. The van der Waals surface area contributed by atoms with E-state index < -0.39 is 17.4 Å². The molecule has 0 bridgehead atoms. The van der Waals surface area contributed by atoms with Gasteiger partial charge in [-0.3, -0.25) is 10.1 Å². The Balaban J connectivity index is 1.37. The van der Waals surface area contributed by atoms with E-state index in [1.54, 1.807) is 10.7 Å². The number of benzene rings is 2. The van der Waals surface area contributed by atoms with E-state index in [-0.39, 0.29) is 30.1 Å². The van der Waals surface area contributed by atoms with Gasteiger partial charge in [0.05, 0.1) is 11.4 Å². The van der Waals surface area contributed by atoms with Crippen molar-refractivity contribution in [3.05, 3.63) is 60.0 Å². The molecule has 0 saturated carbocycles. The number of fused-ring (bicyclic) bond motifs is 2. The normalized spacial score (nSPS) is 15.7. The second kappa shape index (κ2) is 9.33. The van der Waals surface area contributed by atoms with Gasteiger partial charge < -0.3 is 20.2 Å². The maximum atomic E-state index is 13.5. The number of nitrogen functional groups attached to an aromatic ring is 1. The van der Waals surface area contributed by atoms with Crippen LogP contribution in [-0.2, 0) is 5.41 Å². The number of carbonyl (C=O) groups is 2. The van der Waals surface area contributed by atoms with Gasteiger partial charge in [0.1, 0.15) is 17.2 Å². The van der Waals surface area contributed by atoms with E-state index in [4.69, 9.17) is 15.1 Å². The van der Waals surface area contributed by atoms with Crippen LogP contribution in [0.1, 0.15) is 49.5 Å². The molecule has 1 aliphatic rings. The Morgan fingerprint density at radius 2 is 1.85 bits per heavy atom. The van der Waals surface area contributed by atoms with E-state index in [1.807, 2.05) is 63.2 Å². The first kappa shape index (κ1) is 25.3. The van der Waals surface area contributed by atoms with E-state index in [1.165, 1.54) is 4.90 Å². The van der Waals surface area contributed by atoms with E-state index in [2.05, 4.69) is 20.4 Å². The SMILES string of the molecule is CC(C)(C)c1nc(N)c2c(C(=O)Nc3nc4cc(-c5ccccc5)ccc4o3)nn([C@@H]3CCN(C(=O)O)C3)c2n1. The number of rotatable bonds is 4. The van der Waals surface area contributed by atoms with Gasteiger partial charge in [0.2, 0.25) is 0 Å². The molecule has 4 N–H and O–H groups in total. The number of nitrogens with two attached hydrogens (primary N) is 1. The van der Waals surface area contributed by atoms with Gasteiger partial charge in [0.15, 0.2) is 16.9 Å². The van der Waals surface area contributed by atoms with E-state index in [0.29, 0.717) is 40.9 Å². The molecule has 12 heteroatoms. The van der Waals surface area contributed by atoms with Crippen molar-refractivity contribution in [2.75, 3.05) is 24.1 Å². The molecule has 5 aromatic rings. The number of nitrogens with one attached hydrogen (secondary N) is 1. The first-order chi connectivity index (χ1) is 19.1. The first-order valence-corrected chi connectivity index (χ1v) is 12.9. The highest BCUT2D eigenvalue weighted by Gasteiger charge is 2.33. The van der Waals surface area contributed by atoms with Crippen molar-refractivity contribution >= 4 is 46.0 Å². The van der Waals surface area contributed by atoms with Crippen LogP contribution in [0.2, 0.25) is 0 Å². The van der Waals surface area contributed by atoms with Crippen LogP contribution < -0.4 is 11.1 Å². The van der Waals surface area contributed by atoms with Crippen molar-refractivity contribution in [3.8, 4) is 11.1 Å². The summed E-state index contributed by atoms with van der Waals surface area (Å²) in [4.78, 5) is 40.0. The molecule has 2 amide bonds. The number of oxazole rings is 1. The number of hydrogen-bond acceptors (Lipinski definition) is 8. The maximum absolute atomic E-state index is 13.5. The minimum Gasteiger partial charge on any atom is -0.465 e. The summed E-state index contributed by atoms with van der Waals surface area (Å²) in [5.41, 5.74) is 9.46. The highest BCUT2D eigenvalue weighted by molar-refractivity contribution is 6.12. The van der Waals surface area contributed by atoms with Gasteiger partial charge in [-0.25, -0.2) is 19.4 Å². The Hall–Kier alpha value is -5.00. The smallest absolute Gasteiger partial charge is 0.407 e. The zero-order chi connectivity index (χ0) is 28.2. The minimum absolute atomic E-state index is 0.00830. The van der Waals surface area contributed by atoms with Crippen LogP contribution >= 0.6 is 0 Å². The number of carbonyl (C=O) groups excluding carboxylic acids is 1. The predicted molar refractivity (Wildman–Crippen MR) is 149 cm³/mol. The quantitative estimate of drug-likeness (QED) is 0.293. The molecule has 1 atom stereocenters. The van der Waals surface area contributed by atoms with Gasteiger partial charge in [-0.2, -0.15) is 10.1 Å². The van der Waals surface area contributed by atoms with Gasteiger partial charge in [-0.15, -0.1) is 0 Å². The second-order valence-electron chi connectivity index (χ2n) is 10.9. The molecule has 12 nitrogen and oxygen atoms in total. The summed E-state index contributed by atoms with van der Waals surface area (Å²) < 4.78 is 7.39. The molecule has 40 heavy (non-hydrogen) atoms. The summed E-state index contributed by atoms with van der Waals surface area (Å²) in [7, 11) is 0. The van der Waals surface area contributed by atoms with Gasteiger partial charge >= 0.3 is 12.1 Å². The van der Waals surface area contributed by atoms with Crippen LogP contribution in [0.3, 0.4) is 0 Å². The molecule has 204 valence electrons. The third kappa shape index (κ3) is 4.46. The Labute approximate surface area is 228 Å². The van der Waals surface area contributed by atoms with Gasteiger partial charge in [-0.05, 0) is 29.7 Å². The summed E-state index contributed by atoms with van der Waals surface area (Å²) in [5.74, 6) is 0.0156. The van der Waals surface area contributed by atoms with Crippen molar-refractivity contribution in [2.45, 2.75) is 38.6 Å². The zero-order valence-electron chi connectivity index (χ0n) is 22.3. The highest BCUT2D eigenvalue weighted by Crippen LogP contribution is 2.32. The topological polar surface area (TPSA) is 165 Å². The molecule has 0 aliphatic carbocycles. The zero-order valence-corrected chi connectivity index (χ0v) is 22.3. The van der Waals surface area contributed by atoms with E-state index in [9.17, 15) is 14.7 Å². The first-order valence-electron chi connectivity index (χ1n) is 12.9. The molecular formula is C28H28N8O4. The highest BCUT2D eigenvalue weighted by atomic mass is 16.4. The van der Waals surface area contributed by atoms with E-state index in [0.717, 1.165) is 11.1 Å². The molecular weight excluding hydrogens is 512 g/mol. The van der Waals surface area contributed by atoms with Gasteiger partial charge in [0.25, 0.3) is 5.91 Å². The van der Waals surface area contributed by atoms with Crippen LogP contribution in [0.25, 0.3) is 33.3 Å². The lowest BCUT2D eigenvalue weighted by Gasteiger charge is -2.18. The minimum atomic E-state index is -1.01. The molecule has 3 aromatic heterocycles. The molecule has 1 saturated heterocycles. The maximum Gasteiger partial charge on any atom is 0.407 e. The number of amides is 2. The summed E-state index contributed by atoms with van der Waals surface area (Å²) in [5, 5.41) is 17.0. The van der Waals surface area contributed by atoms with Crippen molar-refractivity contribution < 1.29 is 19.1 Å². The standard InChI is InChI=1S/C28H28N8O4/c1-28(2,3)25-31-22(29)20-21(34-36(23(20)32-25)17-11-12-35(14-17)27(38)39)24(37)33-26-30-18-13-16(9-10-19(18)40-26)15-7-5-4-6-8-15/h4-10,13,17H,11-12,14H2,1-3H3,(H,38,39)(H2,29,31,32)(H,30,33,37)/t17-/m1/s1. The molecule has 6 rings (SSSR count). The summed E-state index contributed by atoms with van der Waals surface area (Å²) in [6.07, 6.45) is -0.485. The number of anilines is 2. The fourth-order valence-electron chi connectivity index (χ4n) is 4.88. The Morgan fingerprint density at radius 3 is 2.55 bits per heavy atom. The lowest BCUT2D eigenvalue weighted by atomic mass is 9.95. The Kier molecular flexibility index (Phi) is 5.90. The predicted octanol–water partition coefficient (Wildman–Crippen LogP) is 4.69. The number of aromatic nitrogens is 5. The molecule has 0 unspecified atom stereocenters. The number of likely N-dealkylation sites (tertiary alicyclic amines) is 1. The van der Waals surface area contributed by atoms with Crippen molar-refractivity contribution in [1.82, 2.24) is 29.6 Å². The molecule has 0 radical (unpaired) electrons. The lowest BCUT2D eigenvalue weighted by Crippen LogP contribution is -2.27.